The first-order valence-corrected chi connectivity index (χ1v) is 5.78. The molecular weight excluding hydrogens is 198 g/mol. The van der Waals surface area contributed by atoms with E-state index in [1.54, 1.807) is 6.20 Å². The molecule has 0 atom stereocenters. The second-order valence-corrected chi connectivity index (χ2v) is 3.75. The number of hydrogen-bond acceptors (Lipinski definition) is 3. The van der Waals surface area contributed by atoms with Crippen LogP contribution < -0.4 is 5.32 Å². The molecule has 0 aromatic carbocycles. The molecule has 92 valence electrons. The van der Waals surface area contributed by atoms with Gasteiger partial charge in [-0.25, -0.2) is 0 Å². The molecular formula is C13H25N3. The van der Waals surface area contributed by atoms with Crippen molar-refractivity contribution in [3.05, 3.63) is 38.3 Å². The Bertz CT molecular complexity index is 201. The van der Waals surface area contributed by atoms with Gasteiger partial charge in [-0.3, -0.25) is 0 Å². The minimum atomic E-state index is 0.973. The van der Waals surface area contributed by atoms with Gasteiger partial charge in [-0.2, -0.15) is 0 Å². The molecule has 0 amide bonds. The van der Waals surface area contributed by atoms with E-state index in [0.29, 0.717) is 0 Å². The van der Waals surface area contributed by atoms with Crippen molar-refractivity contribution in [3.63, 3.8) is 0 Å². The maximum atomic E-state index is 3.83. The summed E-state index contributed by atoms with van der Waals surface area (Å²) in [7, 11) is 2.04. The standard InChI is InChI=1S/C13H25N3/c1-5-14-10-8-12-16(7-3)13-9-11-15(4)6-2/h5-7,14H,1-3,8-13H2,4H3. The first-order chi connectivity index (χ1) is 7.74. The van der Waals surface area contributed by atoms with Crippen molar-refractivity contribution in [2.75, 3.05) is 33.2 Å². The first-order valence-electron chi connectivity index (χ1n) is 5.78. The third-order valence-electron chi connectivity index (χ3n) is 2.44. The maximum Gasteiger partial charge on any atom is 0.0189 e. The van der Waals surface area contributed by atoms with Gasteiger partial charge in [0.15, 0.2) is 0 Å². The van der Waals surface area contributed by atoms with E-state index in [-0.39, 0.29) is 0 Å². The largest absolute Gasteiger partial charge is 0.391 e. The SMILES string of the molecule is C=CNCCCN(C=C)CCCN(C)C=C. The lowest BCUT2D eigenvalue weighted by atomic mass is 10.3. The van der Waals surface area contributed by atoms with E-state index in [4.69, 9.17) is 0 Å². The van der Waals surface area contributed by atoms with Crippen LogP contribution in [0.3, 0.4) is 0 Å². The maximum absolute atomic E-state index is 3.83. The zero-order valence-corrected chi connectivity index (χ0v) is 10.5. The fraction of sp³-hybridized carbons (Fsp3) is 0.538. The van der Waals surface area contributed by atoms with Gasteiger partial charge in [-0.15, -0.1) is 0 Å². The van der Waals surface area contributed by atoms with E-state index in [9.17, 15) is 0 Å². The van der Waals surface area contributed by atoms with E-state index < -0.39 is 0 Å². The molecule has 0 radical (unpaired) electrons. The number of nitrogens with zero attached hydrogens (tertiary/aromatic N) is 2. The van der Waals surface area contributed by atoms with Crippen molar-refractivity contribution in [1.29, 1.82) is 0 Å². The van der Waals surface area contributed by atoms with Gasteiger partial charge in [0.05, 0.1) is 0 Å². The molecule has 3 heteroatoms. The summed E-state index contributed by atoms with van der Waals surface area (Å²) in [6.45, 7) is 15.3. The van der Waals surface area contributed by atoms with Crippen molar-refractivity contribution in [3.8, 4) is 0 Å². The molecule has 0 unspecified atom stereocenters. The lowest BCUT2D eigenvalue weighted by Gasteiger charge is -2.21. The van der Waals surface area contributed by atoms with E-state index >= 15 is 0 Å². The third-order valence-corrected chi connectivity index (χ3v) is 2.44. The minimum absolute atomic E-state index is 0.973. The Morgan fingerprint density at radius 1 is 1.00 bits per heavy atom. The highest BCUT2D eigenvalue weighted by atomic mass is 15.1. The molecule has 0 aliphatic heterocycles. The van der Waals surface area contributed by atoms with Crippen molar-refractivity contribution in [2.24, 2.45) is 0 Å². The molecule has 0 fully saturated rings. The zero-order valence-electron chi connectivity index (χ0n) is 10.5. The Morgan fingerprint density at radius 2 is 1.69 bits per heavy atom. The zero-order chi connectivity index (χ0) is 12.2. The van der Waals surface area contributed by atoms with Crippen LogP contribution in [0, 0.1) is 0 Å². The lowest BCUT2D eigenvalue weighted by Crippen LogP contribution is -2.25. The molecule has 0 spiro atoms. The van der Waals surface area contributed by atoms with Gasteiger partial charge in [0.1, 0.15) is 0 Å². The van der Waals surface area contributed by atoms with Crippen molar-refractivity contribution >= 4 is 0 Å². The predicted octanol–water partition coefficient (Wildman–Crippen LogP) is 2.02. The van der Waals surface area contributed by atoms with E-state index in [0.717, 1.165) is 39.0 Å². The fourth-order valence-corrected chi connectivity index (χ4v) is 1.40. The van der Waals surface area contributed by atoms with Crippen LogP contribution in [0.1, 0.15) is 12.8 Å². The number of hydrogen-bond donors (Lipinski definition) is 1. The van der Waals surface area contributed by atoms with E-state index in [2.05, 4.69) is 34.9 Å². The highest BCUT2D eigenvalue weighted by molar-refractivity contribution is 4.73. The smallest absolute Gasteiger partial charge is 0.0189 e. The van der Waals surface area contributed by atoms with Gasteiger partial charge >= 0.3 is 0 Å². The molecule has 0 aromatic heterocycles. The Morgan fingerprint density at radius 3 is 2.25 bits per heavy atom. The van der Waals surface area contributed by atoms with Gasteiger partial charge in [-0.1, -0.05) is 19.7 Å². The Hall–Kier alpha value is -1.38. The summed E-state index contributed by atoms with van der Waals surface area (Å²) in [5, 5.41) is 3.09. The van der Waals surface area contributed by atoms with Crippen LogP contribution >= 0.6 is 0 Å². The topological polar surface area (TPSA) is 18.5 Å². The summed E-state index contributed by atoms with van der Waals surface area (Å²) >= 11 is 0. The van der Waals surface area contributed by atoms with Crippen LogP contribution in [-0.4, -0.2) is 43.0 Å². The van der Waals surface area contributed by atoms with Crippen molar-refractivity contribution in [2.45, 2.75) is 12.8 Å². The van der Waals surface area contributed by atoms with Gasteiger partial charge in [-0.05, 0) is 31.4 Å². The molecule has 0 rings (SSSR count). The van der Waals surface area contributed by atoms with Gasteiger partial charge in [0, 0.05) is 33.2 Å². The summed E-state index contributed by atoms with van der Waals surface area (Å²) < 4.78 is 0. The van der Waals surface area contributed by atoms with Crippen LogP contribution in [0.4, 0.5) is 0 Å². The monoisotopic (exact) mass is 223 g/mol. The third kappa shape index (κ3) is 7.97. The average Bonchev–Trinajstić information content (AvgIpc) is 2.31. The van der Waals surface area contributed by atoms with Crippen LogP contribution in [0.5, 0.6) is 0 Å². The molecule has 16 heavy (non-hydrogen) atoms. The molecule has 0 bridgehead atoms. The molecule has 1 N–H and O–H groups in total. The lowest BCUT2D eigenvalue weighted by molar-refractivity contribution is 0.336. The number of rotatable bonds is 11. The minimum Gasteiger partial charge on any atom is -0.391 e. The quantitative estimate of drug-likeness (QED) is 0.541. The predicted molar refractivity (Wildman–Crippen MR) is 72.0 cm³/mol. The average molecular weight is 223 g/mol. The van der Waals surface area contributed by atoms with Gasteiger partial charge in [0.2, 0.25) is 0 Å². The van der Waals surface area contributed by atoms with E-state index in [1.807, 2.05) is 19.4 Å². The Kier molecular flexibility index (Phi) is 9.27. The molecule has 0 saturated carbocycles. The fourth-order valence-electron chi connectivity index (χ4n) is 1.40. The summed E-state index contributed by atoms with van der Waals surface area (Å²) in [5.41, 5.74) is 0. The number of nitrogens with one attached hydrogen (secondary N) is 1. The first kappa shape index (κ1) is 14.6. The van der Waals surface area contributed by atoms with Crippen LogP contribution in [0.15, 0.2) is 38.3 Å². The highest BCUT2D eigenvalue weighted by Gasteiger charge is 1.98. The summed E-state index contributed by atoms with van der Waals surface area (Å²) in [6, 6.07) is 0. The summed E-state index contributed by atoms with van der Waals surface area (Å²) in [6.07, 6.45) is 7.74. The Labute approximate surface area is 100 Å². The molecule has 0 saturated heterocycles. The second-order valence-electron chi connectivity index (χ2n) is 3.75. The van der Waals surface area contributed by atoms with Crippen LogP contribution in [0.2, 0.25) is 0 Å². The Balaban J connectivity index is 3.54. The highest BCUT2D eigenvalue weighted by Crippen LogP contribution is 1.96. The normalized spacial score (nSPS) is 9.31. The molecule has 0 heterocycles. The van der Waals surface area contributed by atoms with Crippen LogP contribution in [-0.2, 0) is 0 Å². The van der Waals surface area contributed by atoms with Crippen molar-refractivity contribution in [1.82, 2.24) is 15.1 Å². The van der Waals surface area contributed by atoms with Crippen molar-refractivity contribution < 1.29 is 0 Å². The summed E-state index contributed by atoms with van der Waals surface area (Å²) in [5.74, 6) is 0. The molecule has 0 aliphatic rings. The van der Waals surface area contributed by atoms with E-state index in [1.165, 1.54) is 0 Å². The molecule has 3 nitrogen and oxygen atoms in total. The second kappa shape index (κ2) is 10.1. The van der Waals surface area contributed by atoms with Crippen LogP contribution in [0.25, 0.3) is 0 Å². The summed E-state index contributed by atoms with van der Waals surface area (Å²) in [4.78, 5) is 4.35. The van der Waals surface area contributed by atoms with Gasteiger partial charge in [0.25, 0.3) is 0 Å². The van der Waals surface area contributed by atoms with Gasteiger partial charge < -0.3 is 15.1 Å². The molecule has 0 aliphatic carbocycles. The molecule has 0 aromatic rings.